The highest BCUT2D eigenvalue weighted by atomic mass is 16.5. The second-order valence-electron chi connectivity index (χ2n) is 9.22. The molecule has 0 bridgehead atoms. The molecule has 3 fully saturated rings. The summed E-state index contributed by atoms with van der Waals surface area (Å²) in [6, 6.07) is 20.0. The summed E-state index contributed by atoms with van der Waals surface area (Å²) in [5.74, 6) is 0.0864. The fourth-order valence-electron chi connectivity index (χ4n) is 5.57. The molecule has 0 aliphatic carbocycles. The summed E-state index contributed by atoms with van der Waals surface area (Å²) in [6.45, 7) is 4.18. The van der Waals surface area contributed by atoms with Gasteiger partial charge in [-0.05, 0) is 43.4 Å². The summed E-state index contributed by atoms with van der Waals surface area (Å²) >= 11 is 0. The van der Waals surface area contributed by atoms with Gasteiger partial charge in [0.25, 0.3) is 5.91 Å². The third-order valence-corrected chi connectivity index (χ3v) is 7.25. The monoisotopic (exact) mass is 433 g/mol. The van der Waals surface area contributed by atoms with E-state index < -0.39 is 0 Å². The zero-order valence-electron chi connectivity index (χ0n) is 18.5. The molecular weight excluding hydrogens is 402 g/mol. The molecule has 0 saturated carbocycles. The number of urea groups is 1. The van der Waals surface area contributed by atoms with Crippen molar-refractivity contribution in [3.8, 4) is 0 Å². The molecule has 0 atom stereocenters. The maximum atomic E-state index is 13.6. The smallest absolute Gasteiger partial charge is 0.321 e. The van der Waals surface area contributed by atoms with Crippen molar-refractivity contribution in [1.29, 1.82) is 0 Å². The molecule has 0 aromatic heterocycles. The molecule has 6 heteroatoms. The van der Waals surface area contributed by atoms with Crippen LogP contribution < -0.4 is 0 Å². The predicted octanol–water partition coefficient (Wildman–Crippen LogP) is 3.78. The molecule has 3 heterocycles. The fraction of sp³-hybridized carbons (Fsp3) is 0.462. The Bertz CT molecular complexity index is 935. The van der Waals surface area contributed by atoms with E-state index >= 15 is 0 Å². The molecule has 0 radical (unpaired) electrons. The summed E-state index contributed by atoms with van der Waals surface area (Å²) in [6.07, 6.45) is 3.42. The Balaban J connectivity index is 1.31. The molecule has 0 unspecified atom stereocenters. The van der Waals surface area contributed by atoms with E-state index in [9.17, 15) is 9.59 Å². The third kappa shape index (κ3) is 3.99. The number of nitrogens with zero attached hydrogens (tertiary/aromatic N) is 3. The molecule has 168 valence electrons. The molecule has 1 spiro atoms. The van der Waals surface area contributed by atoms with Crippen molar-refractivity contribution in [2.75, 3.05) is 32.8 Å². The van der Waals surface area contributed by atoms with E-state index in [4.69, 9.17) is 4.74 Å². The summed E-state index contributed by atoms with van der Waals surface area (Å²) in [5, 5.41) is 0. The minimum atomic E-state index is -0.152. The molecule has 3 aliphatic rings. The summed E-state index contributed by atoms with van der Waals surface area (Å²) < 4.78 is 5.67. The van der Waals surface area contributed by atoms with Crippen molar-refractivity contribution in [3.05, 3.63) is 71.8 Å². The number of likely N-dealkylation sites (tertiary alicyclic amines) is 1. The highest BCUT2D eigenvalue weighted by Crippen LogP contribution is 2.40. The van der Waals surface area contributed by atoms with Gasteiger partial charge < -0.3 is 19.4 Å². The van der Waals surface area contributed by atoms with Crippen LogP contribution in [0.2, 0.25) is 0 Å². The van der Waals surface area contributed by atoms with E-state index in [1.165, 1.54) is 0 Å². The molecular formula is C26H31N3O3. The van der Waals surface area contributed by atoms with Gasteiger partial charge in [0.05, 0.1) is 5.54 Å². The number of carbonyl (C=O) groups is 2. The molecule has 6 nitrogen and oxygen atoms in total. The minimum absolute atomic E-state index is 0.0864. The number of carbonyl (C=O) groups excluding carboxylic acids is 2. The number of hydrogen-bond donors (Lipinski definition) is 0. The van der Waals surface area contributed by atoms with Gasteiger partial charge in [0.2, 0.25) is 0 Å². The van der Waals surface area contributed by atoms with Crippen molar-refractivity contribution >= 4 is 11.9 Å². The summed E-state index contributed by atoms with van der Waals surface area (Å²) in [4.78, 5) is 32.6. The standard InChI is InChI=1S/C26H31N3O3/c30-24(22-9-5-2-6-10-22)27-15-11-23(12-16-27)29-25(31)28(19-21-7-3-1-4-8-21)20-26(29)13-17-32-18-14-26/h1-10,23H,11-20H2. The first-order valence-electron chi connectivity index (χ1n) is 11.7. The molecule has 2 aromatic carbocycles. The van der Waals surface area contributed by atoms with Crippen LogP contribution >= 0.6 is 0 Å². The number of rotatable bonds is 4. The Kier molecular flexibility index (Phi) is 5.87. The zero-order chi connectivity index (χ0) is 22.0. The van der Waals surface area contributed by atoms with Crippen LogP contribution in [0.3, 0.4) is 0 Å². The molecule has 3 saturated heterocycles. The van der Waals surface area contributed by atoms with Crippen LogP contribution in [0.4, 0.5) is 4.79 Å². The summed E-state index contributed by atoms with van der Waals surface area (Å²) in [7, 11) is 0. The van der Waals surface area contributed by atoms with Crippen LogP contribution in [-0.2, 0) is 11.3 Å². The maximum absolute atomic E-state index is 13.6. The van der Waals surface area contributed by atoms with Crippen molar-refractivity contribution in [2.24, 2.45) is 0 Å². The van der Waals surface area contributed by atoms with Crippen molar-refractivity contribution in [2.45, 2.75) is 43.8 Å². The maximum Gasteiger partial charge on any atom is 0.321 e. The van der Waals surface area contributed by atoms with E-state index in [2.05, 4.69) is 17.0 Å². The van der Waals surface area contributed by atoms with Crippen molar-refractivity contribution < 1.29 is 14.3 Å². The Morgan fingerprint density at radius 3 is 2.22 bits per heavy atom. The van der Waals surface area contributed by atoms with Crippen LogP contribution in [-0.4, -0.2) is 71.1 Å². The molecule has 5 rings (SSSR count). The lowest BCUT2D eigenvalue weighted by Crippen LogP contribution is -2.57. The number of piperidine rings is 1. The highest BCUT2D eigenvalue weighted by Gasteiger charge is 2.53. The Morgan fingerprint density at radius 1 is 0.938 bits per heavy atom. The van der Waals surface area contributed by atoms with Crippen LogP contribution in [0.15, 0.2) is 60.7 Å². The fourth-order valence-corrected chi connectivity index (χ4v) is 5.57. The van der Waals surface area contributed by atoms with Gasteiger partial charge in [-0.2, -0.15) is 0 Å². The second kappa shape index (κ2) is 8.94. The normalized spacial score (nSPS) is 21.4. The first-order valence-corrected chi connectivity index (χ1v) is 11.7. The average Bonchev–Trinajstić information content (AvgIpc) is 3.10. The van der Waals surface area contributed by atoms with Gasteiger partial charge in [-0.1, -0.05) is 48.5 Å². The van der Waals surface area contributed by atoms with Crippen molar-refractivity contribution in [1.82, 2.24) is 14.7 Å². The molecule has 3 amide bonds. The number of hydrogen-bond acceptors (Lipinski definition) is 3. The Morgan fingerprint density at radius 2 is 1.56 bits per heavy atom. The molecule has 32 heavy (non-hydrogen) atoms. The van der Waals surface area contributed by atoms with Crippen LogP contribution in [0.5, 0.6) is 0 Å². The third-order valence-electron chi connectivity index (χ3n) is 7.25. The number of benzene rings is 2. The van der Waals surface area contributed by atoms with Crippen LogP contribution in [0.25, 0.3) is 0 Å². The van der Waals surface area contributed by atoms with Gasteiger partial charge in [0.1, 0.15) is 0 Å². The number of ether oxygens (including phenoxy) is 1. The molecule has 2 aromatic rings. The summed E-state index contributed by atoms with van der Waals surface area (Å²) in [5.41, 5.74) is 1.74. The minimum Gasteiger partial charge on any atom is -0.381 e. The van der Waals surface area contributed by atoms with E-state index in [1.54, 1.807) is 0 Å². The van der Waals surface area contributed by atoms with E-state index in [-0.39, 0.29) is 23.5 Å². The number of amides is 3. The van der Waals surface area contributed by atoms with Gasteiger partial charge in [-0.15, -0.1) is 0 Å². The van der Waals surface area contributed by atoms with Gasteiger partial charge in [0, 0.05) is 51.0 Å². The van der Waals surface area contributed by atoms with Gasteiger partial charge in [-0.25, -0.2) is 4.79 Å². The molecule has 0 N–H and O–H groups in total. The van der Waals surface area contributed by atoms with E-state index in [1.807, 2.05) is 58.3 Å². The van der Waals surface area contributed by atoms with Crippen molar-refractivity contribution in [3.63, 3.8) is 0 Å². The lowest BCUT2D eigenvalue weighted by atomic mass is 9.86. The van der Waals surface area contributed by atoms with Crippen LogP contribution in [0, 0.1) is 0 Å². The Labute approximate surface area is 189 Å². The van der Waals surface area contributed by atoms with E-state index in [0.29, 0.717) is 32.8 Å². The first-order chi connectivity index (χ1) is 15.7. The largest absolute Gasteiger partial charge is 0.381 e. The predicted molar refractivity (Wildman–Crippen MR) is 122 cm³/mol. The first kappa shape index (κ1) is 21.0. The van der Waals surface area contributed by atoms with Gasteiger partial charge in [-0.3, -0.25) is 4.79 Å². The SMILES string of the molecule is O=C(c1ccccc1)N1CCC(N2C(=O)N(Cc3ccccc3)CC23CCOCC3)CC1. The second-order valence-corrected chi connectivity index (χ2v) is 9.22. The van der Waals surface area contributed by atoms with Gasteiger partial charge >= 0.3 is 6.03 Å². The average molecular weight is 434 g/mol. The van der Waals surface area contributed by atoms with Crippen LogP contribution in [0.1, 0.15) is 41.6 Å². The van der Waals surface area contributed by atoms with E-state index in [0.717, 1.165) is 43.4 Å². The topological polar surface area (TPSA) is 53.1 Å². The Hall–Kier alpha value is -2.86. The quantitative estimate of drug-likeness (QED) is 0.737. The highest BCUT2D eigenvalue weighted by molar-refractivity contribution is 5.94. The molecule has 3 aliphatic heterocycles. The lowest BCUT2D eigenvalue weighted by molar-refractivity contribution is -0.0153. The van der Waals surface area contributed by atoms with Gasteiger partial charge in [0.15, 0.2) is 0 Å². The lowest BCUT2D eigenvalue weighted by Gasteiger charge is -2.46. The zero-order valence-corrected chi connectivity index (χ0v) is 18.5.